The number of nitrogens with zero attached hydrogens (tertiary/aromatic N) is 3. The number of amides is 2. The molecule has 1 aliphatic rings. The van der Waals surface area contributed by atoms with Gasteiger partial charge in [-0.2, -0.15) is 0 Å². The van der Waals surface area contributed by atoms with E-state index in [0.717, 1.165) is 29.8 Å². The van der Waals surface area contributed by atoms with Crippen LogP contribution in [0.1, 0.15) is 41.2 Å². The first-order chi connectivity index (χ1) is 18.7. The van der Waals surface area contributed by atoms with Gasteiger partial charge >= 0.3 is 5.97 Å². The minimum absolute atomic E-state index is 0.0165. The highest BCUT2D eigenvalue weighted by atomic mass is 32.2. The highest BCUT2D eigenvalue weighted by Gasteiger charge is 2.30. The number of aliphatic carboxylic acids is 1. The quantitative estimate of drug-likeness (QED) is 0.286. The second kappa shape index (κ2) is 12.9. The lowest BCUT2D eigenvalue weighted by Crippen LogP contribution is -2.26. The van der Waals surface area contributed by atoms with Crippen LogP contribution in [-0.4, -0.2) is 64.9 Å². The molecule has 0 saturated heterocycles. The van der Waals surface area contributed by atoms with Crippen molar-refractivity contribution in [1.82, 2.24) is 14.8 Å². The van der Waals surface area contributed by atoms with Crippen molar-refractivity contribution < 1.29 is 19.5 Å². The number of carbonyl (C=O) groups is 3. The average Bonchev–Trinajstić information content (AvgIpc) is 3.57. The van der Waals surface area contributed by atoms with E-state index < -0.39 is 5.97 Å². The molecule has 11 heteroatoms. The minimum atomic E-state index is -0.938. The fraction of sp³-hybridized carbons (Fsp3) is 0.286. The molecule has 1 aromatic heterocycles. The van der Waals surface area contributed by atoms with Crippen molar-refractivity contribution in [2.45, 2.75) is 25.1 Å². The van der Waals surface area contributed by atoms with Gasteiger partial charge in [-0.05, 0) is 75.9 Å². The Morgan fingerprint density at radius 3 is 2.33 bits per heavy atom. The molecular formula is C28H31N5O4S2. The Kier molecular flexibility index (Phi) is 9.39. The van der Waals surface area contributed by atoms with Crippen LogP contribution in [-0.2, 0) is 9.59 Å². The molecule has 1 unspecified atom stereocenters. The summed E-state index contributed by atoms with van der Waals surface area (Å²) in [6.45, 7) is 3.37. The number of benzene rings is 2. The molecular weight excluding hydrogens is 534 g/mol. The van der Waals surface area contributed by atoms with E-state index in [4.69, 9.17) is 0 Å². The molecule has 0 bridgehead atoms. The predicted octanol–water partition coefficient (Wildman–Crippen LogP) is 5.34. The van der Waals surface area contributed by atoms with Crippen LogP contribution in [0.25, 0.3) is 10.6 Å². The molecule has 2 heterocycles. The molecule has 2 aromatic carbocycles. The number of nitrogens with one attached hydrogen (secondary N) is 2. The van der Waals surface area contributed by atoms with Crippen LogP contribution in [0.2, 0.25) is 0 Å². The Morgan fingerprint density at radius 1 is 1.03 bits per heavy atom. The molecule has 2 amide bonds. The van der Waals surface area contributed by atoms with E-state index in [1.54, 1.807) is 22.9 Å². The van der Waals surface area contributed by atoms with Crippen LogP contribution in [0.15, 0.2) is 65.0 Å². The van der Waals surface area contributed by atoms with Gasteiger partial charge in [0, 0.05) is 40.7 Å². The van der Waals surface area contributed by atoms with Gasteiger partial charge in [0.05, 0.1) is 0 Å². The number of thiazole rings is 1. The van der Waals surface area contributed by atoms with Crippen LogP contribution in [0, 0.1) is 0 Å². The van der Waals surface area contributed by atoms with Gasteiger partial charge in [0.15, 0.2) is 0 Å². The smallest absolute Gasteiger partial charge is 0.352 e. The summed E-state index contributed by atoms with van der Waals surface area (Å²) in [6.07, 6.45) is 1.26. The Bertz CT molecular complexity index is 1350. The van der Waals surface area contributed by atoms with Crippen LogP contribution in [0.3, 0.4) is 0 Å². The zero-order chi connectivity index (χ0) is 27.9. The lowest BCUT2D eigenvalue weighted by atomic mass is 10.1. The summed E-state index contributed by atoms with van der Waals surface area (Å²) in [5.74, 6) is -1.27. The maximum Gasteiger partial charge on any atom is 0.352 e. The molecule has 0 fully saturated rings. The van der Waals surface area contributed by atoms with Crippen molar-refractivity contribution in [2.75, 3.05) is 37.8 Å². The minimum Gasteiger partial charge on any atom is -0.477 e. The summed E-state index contributed by atoms with van der Waals surface area (Å²) >= 11 is 2.83. The second-order valence-electron chi connectivity index (χ2n) is 9.23. The summed E-state index contributed by atoms with van der Waals surface area (Å²) in [5, 5.41) is 19.2. The number of hydrogen-bond acceptors (Lipinski definition) is 8. The van der Waals surface area contributed by atoms with Gasteiger partial charge in [0.2, 0.25) is 5.91 Å². The Hall–Kier alpha value is -3.67. The number of aromatic nitrogens is 1. The Balaban J connectivity index is 1.33. The summed E-state index contributed by atoms with van der Waals surface area (Å²) < 4.78 is 0. The third-order valence-electron chi connectivity index (χ3n) is 6.08. The lowest BCUT2D eigenvalue weighted by Gasteiger charge is -2.26. The topological polar surface area (TPSA) is 115 Å². The second-order valence-corrected chi connectivity index (χ2v) is 11.0. The maximum atomic E-state index is 12.8. The van der Waals surface area contributed by atoms with Crippen LogP contribution < -0.4 is 10.6 Å². The standard InChI is InChI=1S/C28H31N5O4S2/c1-4-33-23(28(36)37)17-39-27(33)19-9-13-21(14-10-19)30-25(35)22-16-38-26(31-22)18-7-11-20(12-8-18)29-24(34)6-5-15-32(2)3/h7-14,16-17,27H,4-6,15H2,1-3H3,(H,29,34)(H,30,35)(H,36,37). The van der Waals surface area contributed by atoms with E-state index in [-0.39, 0.29) is 17.2 Å². The highest BCUT2D eigenvalue weighted by Crippen LogP contribution is 2.42. The fourth-order valence-electron chi connectivity index (χ4n) is 4.08. The van der Waals surface area contributed by atoms with Gasteiger partial charge in [0.25, 0.3) is 5.91 Å². The third kappa shape index (κ3) is 7.25. The van der Waals surface area contributed by atoms with Crippen molar-refractivity contribution >= 4 is 52.3 Å². The highest BCUT2D eigenvalue weighted by molar-refractivity contribution is 8.02. The van der Waals surface area contributed by atoms with Gasteiger partial charge in [0.1, 0.15) is 21.8 Å². The lowest BCUT2D eigenvalue weighted by molar-refractivity contribution is -0.134. The molecule has 39 heavy (non-hydrogen) atoms. The van der Waals surface area contributed by atoms with Crippen molar-refractivity contribution in [2.24, 2.45) is 0 Å². The van der Waals surface area contributed by atoms with Crippen LogP contribution in [0.4, 0.5) is 11.4 Å². The molecule has 4 rings (SSSR count). The predicted molar refractivity (Wildman–Crippen MR) is 157 cm³/mol. The number of thioether (sulfide) groups is 1. The van der Waals surface area contributed by atoms with E-state index >= 15 is 0 Å². The van der Waals surface area contributed by atoms with E-state index in [9.17, 15) is 19.5 Å². The van der Waals surface area contributed by atoms with Crippen molar-refractivity contribution in [1.29, 1.82) is 0 Å². The van der Waals surface area contributed by atoms with E-state index in [2.05, 4.69) is 15.6 Å². The number of carboxylic acids is 1. The van der Waals surface area contributed by atoms with Gasteiger partial charge in [-0.3, -0.25) is 9.59 Å². The van der Waals surface area contributed by atoms with Crippen molar-refractivity contribution in [3.63, 3.8) is 0 Å². The molecule has 0 spiro atoms. The number of carbonyl (C=O) groups excluding carboxylic acids is 2. The normalized spacial score (nSPS) is 14.8. The van der Waals surface area contributed by atoms with Crippen LogP contribution in [0.5, 0.6) is 0 Å². The van der Waals surface area contributed by atoms with Crippen molar-refractivity contribution in [3.8, 4) is 10.6 Å². The van der Waals surface area contributed by atoms with Gasteiger partial charge in [-0.25, -0.2) is 9.78 Å². The SMILES string of the molecule is CCN1C(C(=O)O)=CSC1c1ccc(NC(=O)c2csc(-c3ccc(NC(=O)CCCN(C)C)cc3)n2)cc1. The van der Waals surface area contributed by atoms with E-state index in [1.807, 2.05) is 67.2 Å². The largest absolute Gasteiger partial charge is 0.477 e. The molecule has 3 N–H and O–H groups in total. The summed E-state index contributed by atoms with van der Waals surface area (Å²) in [7, 11) is 3.96. The molecule has 3 aromatic rings. The molecule has 1 atom stereocenters. The number of anilines is 2. The van der Waals surface area contributed by atoms with Gasteiger partial charge in [-0.1, -0.05) is 12.1 Å². The Labute approximate surface area is 235 Å². The Morgan fingerprint density at radius 2 is 1.69 bits per heavy atom. The number of rotatable bonds is 11. The monoisotopic (exact) mass is 565 g/mol. The molecule has 0 aliphatic carbocycles. The number of hydrogen-bond donors (Lipinski definition) is 3. The zero-order valence-corrected chi connectivity index (χ0v) is 23.6. The van der Waals surface area contributed by atoms with Crippen LogP contribution >= 0.6 is 23.1 Å². The van der Waals surface area contributed by atoms with Gasteiger partial charge in [-0.15, -0.1) is 23.1 Å². The zero-order valence-electron chi connectivity index (χ0n) is 22.0. The first-order valence-corrected chi connectivity index (χ1v) is 14.3. The molecule has 0 saturated carbocycles. The third-order valence-corrected chi connectivity index (χ3v) is 8.11. The number of carboxylic acid groups (broad SMARTS) is 1. The van der Waals surface area contributed by atoms with E-state index in [0.29, 0.717) is 35.1 Å². The first-order valence-electron chi connectivity index (χ1n) is 12.5. The maximum absolute atomic E-state index is 12.8. The summed E-state index contributed by atoms with van der Waals surface area (Å²) in [4.78, 5) is 44.8. The van der Waals surface area contributed by atoms with Crippen molar-refractivity contribution in [3.05, 3.63) is 76.3 Å². The molecule has 0 radical (unpaired) electrons. The first kappa shape index (κ1) is 28.3. The summed E-state index contributed by atoms with van der Waals surface area (Å²) in [5.41, 5.74) is 3.77. The molecule has 204 valence electrons. The van der Waals surface area contributed by atoms with Gasteiger partial charge < -0.3 is 25.5 Å². The fourth-order valence-corrected chi connectivity index (χ4v) is 6.10. The summed E-state index contributed by atoms with van der Waals surface area (Å²) in [6, 6.07) is 14.8. The number of likely N-dealkylation sites (N-methyl/N-ethyl adjacent to an activating group) is 1. The molecule has 1 aliphatic heterocycles. The average molecular weight is 566 g/mol. The van der Waals surface area contributed by atoms with E-state index in [1.165, 1.54) is 23.1 Å². The molecule has 9 nitrogen and oxygen atoms in total.